The van der Waals surface area contributed by atoms with E-state index in [9.17, 15) is 9.59 Å². The van der Waals surface area contributed by atoms with Crippen LogP contribution in [0.2, 0.25) is 0 Å². The van der Waals surface area contributed by atoms with Crippen LogP contribution in [0.1, 0.15) is 25.0 Å². The lowest BCUT2D eigenvalue weighted by Gasteiger charge is -2.18. The molecule has 0 spiro atoms. The van der Waals surface area contributed by atoms with E-state index in [1.165, 1.54) is 0 Å². The summed E-state index contributed by atoms with van der Waals surface area (Å²) in [6.45, 7) is 4.09. The Kier molecular flexibility index (Phi) is 7.69. The van der Waals surface area contributed by atoms with Crippen LogP contribution in [-0.4, -0.2) is 12.3 Å². The predicted molar refractivity (Wildman–Crippen MR) is 181 cm³/mol. The summed E-state index contributed by atoms with van der Waals surface area (Å²) < 4.78 is 23.6. The monoisotopic (exact) mass is 606 g/mol. The SMILES string of the molecule is CCc1ccc2c(OC(=O)Oc3cccc4ccccc34)c3ccc(CC)cc3c(OC(=O)Oc3cccc4ccccc34)c2c1. The second-order valence-electron chi connectivity index (χ2n) is 11.0. The molecule has 6 heteroatoms. The number of rotatable bonds is 6. The number of aryl methyl sites for hydroxylation is 2. The highest BCUT2D eigenvalue weighted by molar-refractivity contribution is 6.13. The first-order valence-corrected chi connectivity index (χ1v) is 15.3. The molecule has 7 aromatic carbocycles. The lowest BCUT2D eigenvalue weighted by Crippen LogP contribution is -2.16. The van der Waals surface area contributed by atoms with E-state index < -0.39 is 12.3 Å². The van der Waals surface area contributed by atoms with Crippen molar-refractivity contribution in [1.29, 1.82) is 0 Å². The third-order valence-corrected chi connectivity index (χ3v) is 8.22. The van der Waals surface area contributed by atoms with Gasteiger partial charge in [-0.3, -0.25) is 0 Å². The maximum absolute atomic E-state index is 13.4. The molecule has 7 aromatic rings. The summed E-state index contributed by atoms with van der Waals surface area (Å²) in [5.74, 6) is 1.44. The van der Waals surface area contributed by atoms with Crippen LogP contribution in [0, 0.1) is 0 Å². The molecule has 46 heavy (non-hydrogen) atoms. The average Bonchev–Trinajstić information content (AvgIpc) is 3.09. The van der Waals surface area contributed by atoms with Gasteiger partial charge in [-0.25, -0.2) is 9.59 Å². The zero-order valence-corrected chi connectivity index (χ0v) is 25.4. The molecule has 0 N–H and O–H groups in total. The topological polar surface area (TPSA) is 71.1 Å². The Morgan fingerprint density at radius 1 is 0.435 bits per heavy atom. The van der Waals surface area contributed by atoms with Gasteiger partial charge in [0.25, 0.3) is 0 Å². The van der Waals surface area contributed by atoms with Crippen LogP contribution >= 0.6 is 0 Å². The van der Waals surface area contributed by atoms with E-state index in [-0.39, 0.29) is 0 Å². The van der Waals surface area contributed by atoms with Crippen LogP contribution in [0.3, 0.4) is 0 Å². The Hall–Kier alpha value is -5.88. The predicted octanol–water partition coefficient (Wildman–Crippen LogP) is 10.6. The van der Waals surface area contributed by atoms with E-state index in [0.29, 0.717) is 44.5 Å². The minimum atomic E-state index is -0.873. The van der Waals surface area contributed by atoms with Gasteiger partial charge >= 0.3 is 12.3 Å². The van der Waals surface area contributed by atoms with Gasteiger partial charge < -0.3 is 18.9 Å². The number of carbonyl (C=O) groups excluding carboxylic acids is 2. The van der Waals surface area contributed by atoms with Gasteiger partial charge in [0.05, 0.1) is 0 Å². The largest absolute Gasteiger partial charge is 0.519 e. The van der Waals surface area contributed by atoms with Gasteiger partial charge in [0.1, 0.15) is 17.2 Å². The molecule has 0 radical (unpaired) electrons. The number of benzene rings is 7. The van der Waals surface area contributed by atoms with Crippen molar-refractivity contribution in [2.75, 3.05) is 0 Å². The minimum absolute atomic E-state index is 0.315. The Bertz CT molecular complexity index is 2210. The first kappa shape index (κ1) is 28.9. The highest BCUT2D eigenvalue weighted by Crippen LogP contribution is 2.44. The van der Waals surface area contributed by atoms with E-state index in [2.05, 4.69) is 0 Å². The van der Waals surface area contributed by atoms with Crippen molar-refractivity contribution in [1.82, 2.24) is 0 Å². The second-order valence-corrected chi connectivity index (χ2v) is 11.0. The van der Waals surface area contributed by atoms with Gasteiger partial charge in [-0.05, 0) is 59.0 Å². The Morgan fingerprint density at radius 3 is 1.30 bits per heavy atom. The highest BCUT2D eigenvalue weighted by atomic mass is 16.7. The van der Waals surface area contributed by atoms with E-state index in [1.54, 1.807) is 12.1 Å². The number of hydrogen-bond donors (Lipinski definition) is 0. The van der Waals surface area contributed by atoms with E-state index in [1.807, 2.05) is 123 Å². The summed E-state index contributed by atoms with van der Waals surface area (Å²) >= 11 is 0. The van der Waals surface area contributed by atoms with Crippen molar-refractivity contribution in [3.8, 4) is 23.0 Å². The highest BCUT2D eigenvalue weighted by Gasteiger charge is 2.23. The van der Waals surface area contributed by atoms with Crippen LogP contribution in [0.25, 0.3) is 43.1 Å². The summed E-state index contributed by atoms with van der Waals surface area (Å²) in [6, 6.07) is 38.0. The van der Waals surface area contributed by atoms with E-state index in [4.69, 9.17) is 18.9 Å². The fourth-order valence-electron chi connectivity index (χ4n) is 5.86. The molecule has 0 bridgehead atoms. The molecule has 7 rings (SSSR count). The molecule has 226 valence electrons. The van der Waals surface area contributed by atoms with Gasteiger partial charge in [-0.1, -0.05) is 111 Å². The van der Waals surface area contributed by atoms with E-state index >= 15 is 0 Å². The van der Waals surface area contributed by atoms with Crippen molar-refractivity contribution >= 4 is 55.4 Å². The fraction of sp³-hybridized carbons (Fsp3) is 0.100. The molecule has 0 fully saturated rings. The van der Waals surface area contributed by atoms with Crippen LogP contribution in [-0.2, 0) is 12.8 Å². The maximum atomic E-state index is 13.4. The van der Waals surface area contributed by atoms with Crippen molar-refractivity contribution < 1.29 is 28.5 Å². The molecule has 0 unspecified atom stereocenters. The number of ether oxygens (including phenoxy) is 4. The third kappa shape index (κ3) is 5.46. The van der Waals surface area contributed by atoms with Gasteiger partial charge in [0, 0.05) is 32.3 Å². The third-order valence-electron chi connectivity index (χ3n) is 8.22. The van der Waals surface area contributed by atoms with Gasteiger partial charge in [0.15, 0.2) is 5.75 Å². The zero-order valence-electron chi connectivity index (χ0n) is 25.4. The first-order chi connectivity index (χ1) is 22.5. The minimum Gasteiger partial charge on any atom is -0.394 e. The first-order valence-electron chi connectivity index (χ1n) is 15.3. The molecule has 0 amide bonds. The summed E-state index contributed by atoms with van der Waals surface area (Å²) in [5, 5.41) is 5.90. The average molecular weight is 607 g/mol. The smallest absolute Gasteiger partial charge is 0.394 e. The lowest BCUT2D eigenvalue weighted by atomic mass is 9.96. The molecular weight excluding hydrogens is 576 g/mol. The van der Waals surface area contributed by atoms with Crippen molar-refractivity contribution in [2.45, 2.75) is 26.7 Å². The summed E-state index contributed by atoms with van der Waals surface area (Å²) in [4.78, 5) is 26.8. The Labute approximate surface area is 265 Å². The zero-order chi connectivity index (χ0) is 31.6. The van der Waals surface area contributed by atoms with Crippen LogP contribution in [0.15, 0.2) is 121 Å². The molecule has 0 aliphatic carbocycles. The fourth-order valence-corrected chi connectivity index (χ4v) is 5.86. The number of fused-ring (bicyclic) bond motifs is 4. The lowest BCUT2D eigenvalue weighted by molar-refractivity contribution is 0.151. The molecule has 0 saturated carbocycles. The normalized spacial score (nSPS) is 11.2. The van der Waals surface area contributed by atoms with Crippen molar-refractivity contribution in [3.05, 3.63) is 132 Å². The van der Waals surface area contributed by atoms with Crippen LogP contribution in [0.4, 0.5) is 9.59 Å². The summed E-state index contributed by atoms with van der Waals surface area (Å²) in [5.41, 5.74) is 2.05. The number of carbonyl (C=O) groups is 2. The van der Waals surface area contributed by atoms with E-state index in [0.717, 1.165) is 45.5 Å². The Balaban J connectivity index is 1.32. The molecular formula is C40H30O6. The number of hydrogen-bond acceptors (Lipinski definition) is 6. The second kappa shape index (κ2) is 12.3. The molecule has 0 saturated heterocycles. The summed E-state index contributed by atoms with van der Waals surface area (Å²) in [6.07, 6.45) is -0.237. The molecule has 0 atom stereocenters. The molecule has 0 heterocycles. The van der Waals surface area contributed by atoms with Gasteiger partial charge in [-0.15, -0.1) is 0 Å². The van der Waals surface area contributed by atoms with Crippen molar-refractivity contribution in [2.24, 2.45) is 0 Å². The molecule has 0 aliphatic heterocycles. The van der Waals surface area contributed by atoms with Crippen LogP contribution < -0.4 is 18.9 Å². The maximum Gasteiger partial charge on any atom is 0.519 e. The van der Waals surface area contributed by atoms with Crippen LogP contribution in [0.5, 0.6) is 23.0 Å². The summed E-state index contributed by atoms with van der Waals surface area (Å²) in [7, 11) is 0. The quantitative estimate of drug-likeness (QED) is 0.107. The van der Waals surface area contributed by atoms with Gasteiger partial charge in [0.2, 0.25) is 0 Å². The van der Waals surface area contributed by atoms with Crippen molar-refractivity contribution in [3.63, 3.8) is 0 Å². The molecule has 0 aliphatic rings. The molecule has 6 nitrogen and oxygen atoms in total. The standard InChI is InChI=1S/C40H30O6/c1-3-25-19-21-31-33(23-25)38(46-40(42)44-36-18-10-14-28-12-6-8-16-30(28)36)34-24-26(4-2)20-22-32(34)37(31)45-39(41)43-35-17-9-13-27-11-5-7-15-29(27)35/h5-24H,3-4H2,1-2H3. The molecule has 0 aromatic heterocycles. The van der Waals surface area contributed by atoms with Gasteiger partial charge in [-0.2, -0.15) is 0 Å². The Morgan fingerprint density at radius 2 is 0.848 bits per heavy atom.